The van der Waals surface area contributed by atoms with E-state index in [1.54, 1.807) is 13.0 Å². The highest BCUT2D eigenvalue weighted by Gasteiger charge is 2.22. The van der Waals surface area contributed by atoms with Gasteiger partial charge in [-0.3, -0.25) is 9.59 Å². The predicted octanol–water partition coefficient (Wildman–Crippen LogP) is 4.92. The number of carbonyl (C=O) groups is 1. The van der Waals surface area contributed by atoms with Crippen molar-refractivity contribution in [2.75, 3.05) is 6.61 Å². The smallest absolute Gasteiger partial charge is 0.260 e. The van der Waals surface area contributed by atoms with Gasteiger partial charge in [0, 0.05) is 16.5 Å². The molecule has 0 radical (unpaired) electrons. The van der Waals surface area contributed by atoms with E-state index in [0.29, 0.717) is 21.8 Å². The van der Waals surface area contributed by atoms with Gasteiger partial charge in [0.25, 0.3) is 5.56 Å². The van der Waals surface area contributed by atoms with E-state index in [2.05, 4.69) is 15.3 Å². The van der Waals surface area contributed by atoms with Crippen molar-refractivity contribution in [3.8, 4) is 11.1 Å². The molecule has 2 atom stereocenters. The molecule has 0 saturated heterocycles. The maximum Gasteiger partial charge on any atom is 0.260 e. The molecular weight excluding hydrogens is 497 g/mol. The van der Waals surface area contributed by atoms with Gasteiger partial charge < -0.3 is 15.4 Å². The number of nitrogens with one attached hydrogen (secondary N) is 2. The van der Waals surface area contributed by atoms with Crippen LogP contribution in [0, 0.1) is 5.82 Å². The summed E-state index contributed by atoms with van der Waals surface area (Å²) < 4.78 is 14.3. The highest BCUT2D eigenvalue weighted by Crippen LogP contribution is 2.31. The molecule has 34 heavy (non-hydrogen) atoms. The molecule has 10 heteroatoms. The zero-order chi connectivity index (χ0) is 24.2. The van der Waals surface area contributed by atoms with Gasteiger partial charge >= 0.3 is 0 Å². The van der Waals surface area contributed by atoms with Crippen LogP contribution in [0.4, 0.5) is 4.39 Å². The number of nitrogens with zero attached hydrogens (tertiary/aromatic N) is 1. The topological polar surface area (TPSA) is 95.1 Å². The SMILES string of the molecule is CC(SCc1nc2scc(-c3ccccc3)c2c(=O)[nH]1)C(=O)NC(CO)c1cccc(Cl)c1F. The molecule has 2 unspecified atom stereocenters. The van der Waals surface area contributed by atoms with Crippen molar-refractivity contribution in [1.29, 1.82) is 0 Å². The van der Waals surface area contributed by atoms with Gasteiger partial charge in [-0.2, -0.15) is 0 Å². The summed E-state index contributed by atoms with van der Waals surface area (Å²) in [5.41, 5.74) is 1.67. The summed E-state index contributed by atoms with van der Waals surface area (Å²) in [6, 6.07) is 13.1. The third-order valence-electron chi connectivity index (χ3n) is 5.27. The van der Waals surface area contributed by atoms with E-state index >= 15 is 0 Å². The maximum absolute atomic E-state index is 14.3. The number of aromatic nitrogens is 2. The van der Waals surface area contributed by atoms with E-state index in [0.717, 1.165) is 11.1 Å². The number of hydrogen-bond donors (Lipinski definition) is 3. The molecule has 0 aliphatic rings. The van der Waals surface area contributed by atoms with E-state index in [1.165, 1.54) is 35.2 Å². The molecule has 4 aromatic rings. The largest absolute Gasteiger partial charge is 0.394 e. The molecule has 4 rings (SSSR count). The first-order valence-corrected chi connectivity index (χ1v) is 12.7. The zero-order valence-corrected chi connectivity index (χ0v) is 20.4. The van der Waals surface area contributed by atoms with Crippen LogP contribution in [0.15, 0.2) is 58.7 Å². The van der Waals surface area contributed by atoms with E-state index in [-0.39, 0.29) is 22.1 Å². The van der Waals surface area contributed by atoms with Crippen molar-refractivity contribution < 1.29 is 14.3 Å². The van der Waals surface area contributed by atoms with Crippen molar-refractivity contribution in [3.05, 3.63) is 86.5 Å². The summed E-state index contributed by atoms with van der Waals surface area (Å²) in [6.45, 7) is 1.21. The van der Waals surface area contributed by atoms with Crippen LogP contribution in [0.5, 0.6) is 0 Å². The molecule has 1 amide bonds. The predicted molar refractivity (Wildman–Crippen MR) is 136 cm³/mol. The lowest BCUT2D eigenvalue weighted by Crippen LogP contribution is -2.36. The van der Waals surface area contributed by atoms with Crippen molar-refractivity contribution >= 4 is 50.8 Å². The summed E-state index contributed by atoms with van der Waals surface area (Å²) in [4.78, 5) is 33.4. The summed E-state index contributed by atoms with van der Waals surface area (Å²) in [5, 5.41) is 14.2. The van der Waals surface area contributed by atoms with E-state index in [1.807, 2.05) is 35.7 Å². The molecule has 0 aliphatic carbocycles. The van der Waals surface area contributed by atoms with Crippen molar-refractivity contribution in [2.24, 2.45) is 0 Å². The number of carbonyl (C=O) groups excluding carboxylic acids is 1. The lowest BCUT2D eigenvalue weighted by Gasteiger charge is -2.20. The van der Waals surface area contributed by atoms with Gasteiger partial charge in [0.2, 0.25) is 5.91 Å². The molecule has 2 aromatic carbocycles. The second-order valence-corrected chi connectivity index (χ2v) is 10.1. The molecule has 0 spiro atoms. The number of benzene rings is 2. The molecule has 2 aromatic heterocycles. The lowest BCUT2D eigenvalue weighted by molar-refractivity contribution is -0.121. The number of thioether (sulfide) groups is 1. The van der Waals surface area contributed by atoms with Crippen molar-refractivity contribution in [1.82, 2.24) is 15.3 Å². The minimum Gasteiger partial charge on any atom is -0.394 e. The van der Waals surface area contributed by atoms with Gasteiger partial charge in [-0.15, -0.1) is 23.1 Å². The quantitative estimate of drug-likeness (QED) is 0.308. The number of thiophene rings is 1. The third-order valence-corrected chi connectivity index (χ3v) is 7.59. The normalized spacial score (nSPS) is 13.1. The Morgan fingerprint density at radius 1 is 1.26 bits per heavy atom. The summed E-state index contributed by atoms with van der Waals surface area (Å²) in [5.74, 6) is -0.296. The Morgan fingerprint density at radius 3 is 2.76 bits per heavy atom. The molecular formula is C24H21ClFN3O3S2. The third kappa shape index (κ3) is 5.17. The van der Waals surface area contributed by atoms with Gasteiger partial charge in [0.15, 0.2) is 0 Å². The van der Waals surface area contributed by atoms with Gasteiger partial charge in [-0.1, -0.05) is 54.1 Å². The van der Waals surface area contributed by atoms with Crippen LogP contribution < -0.4 is 10.9 Å². The second kappa shape index (κ2) is 10.7. The number of aliphatic hydroxyl groups excluding tert-OH is 1. The van der Waals surface area contributed by atoms with E-state index in [4.69, 9.17) is 11.6 Å². The Labute approximate surface area is 208 Å². The summed E-state index contributed by atoms with van der Waals surface area (Å²) in [7, 11) is 0. The molecule has 0 fully saturated rings. The highest BCUT2D eigenvalue weighted by molar-refractivity contribution is 7.99. The van der Waals surface area contributed by atoms with Gasteiger partial charge in [0.1, 0.15) is 16.5 Å². The van der Waals surface area contributed by atoms with Crippen LogP contribution in [0.1, 0.15) is 24.4 Å². The molecule has 0 aliphatic heterocycles. The van der Waals surface area contributed by atoms with Crippen molar-refractivity contribution in [2.45, 2.75) is 24.0 Å². The molecule has 0 bridgehead atoms. The first-order valence-electron chi connectivity index (χ1n) is 10.4. The Kier molecular flexibility index (Phi) is 7.67. The second-order valence-electron chi connectivity index (χ2n) is 7.55. The first-order chi connectivity index (χ1) is 16.4. The van der Waals surface area contributed by atoms with E-state index in [9.17, 15) is 19.1 Å². The summed E-state index contributed by atoms with van der Waals surface area (Å²) >= 11 is 8.48. The average Bonchev–Trinajstić information content (AvgIpc) is 3.28. The number of rotatable bonds is 8. The molecule has 0 saturated carbocycles. The number of halogens is 2. The van der Waals surface area contributed by atoms with Crippen molar-refractivity contribution in [3.63, 3.8) is 0 Å². The van der Waals surface area contributed by atoms with Crippen LogP contribution in [0.2, 0.25) is 5.02 Å². The minimum atomic E-state index is -0.925. The number of H-pyrrole nitrogens is 1. The van der Waals surface area contributed by atoms with Crippen LogP contribution in [-0.4, -0.2) is 32.8 Å². The van der Waals surface area contributed by atoms with Crippen LogP contribution in [0.3, 0.4) is 0 Å². The zero-order valence-electron chi connectivity index (χ0n) is 18.0. The van der Waals surface area contributed by atoms with Gasteiger partial charge in [-0.05, 0) is 18.6 Å². The van der Waals surface area contributed by atoms with Crippen LogP contribution in [-0.2, 0) is 10.5 Å². The van der Waals surface area contributed by atoms with E-state index < -0.39 is 23.7 Å². The minimum absolute atomic E-state index is 0.0814. The van der Waals surface area contributed by atoms with Gasteiger partial charge in [-0.25, -0.2) is 9.37 Å². The lowest BCUT2D eigenvalue weighted by atomic mass is 10.1. The monoisotopic (exact) mass is 517 g/mol. The molecule has 3 N–H and O–H groups in total. The fraction of sp³-hybridized carbons (Fsp3) is 0.208. The van der Waals surface area contributed by atoms with Crippen LogP contribution in [0.25, 0.3) is 21.3 Å². The maximum atomic E-state index is 14.3. The van der Waals surface area contributed by atoms with Crippen LogP contribution >= 0.6 is 34.7 Å². The Balaban J connectivity index is 1.44. The average molecular weight is 518 g/mol. The molecule has 176 valence electrons. The fourth-order valence-corrected chi connectivity index (χ4v) is 5.38. The Hall–Kier alpha value is -2.72. The number of aliphatic hydroxyl groups is 1. The number of hydrogen-bond acceptors (Lipinski definition) is 6. The highest BCUT2D eigenvalue weighted by atomic mass is 35.5. The number of amides is 1. The van der Waals surface area contributed by atoms with Gasteiger partial charge in [0.05, 0.1) is 34.1 Å². The fourth-order valence-electron chi connectivity index (χ4n) is 3.47. The molecule has 2 heterocycles. The standard InChI is InChI=1S/C24H21ClFN3O3S2/c1-13(22(31)27-18(10-30)15-8-5-9-17(25)21(15)26)33-12-19-28-23(32)20-16(11-34-24(20)29-19)14-6-3-2-4-7-14/h2-9,11,13,18,30H,10,12H2,1H3,(H,27,31)(H,28,29,32). The first kappa shape index (κ1) is 24.4. The molecule has 6 nitrogen and oxygen atoms in total. The summed E-state index contributed by atoms with van der Waals surface area (Å²) in [6.07, 6.45) is 0. The Bertz CT molecular complexity index is 1380. The number of aromatic amines is 1. The Morgan fingerprint density at radius 2 is 2.03 bits per heavy atom. The number of fused-ring (bicyclic) bond motifs is 1.